The van der Waals surface area contributed by atoms with Crippen molar-refractivity contribution in [1.29, 1.82) is 5.26 Å². The second kappa shape index (κ2) is 5.29. The Bertz CT molecular complexity index is 800. The molecule has 1 aromatic carbocycles. The third kappa shape index (κ3) is 2.20. The van der Waals surface area contributed by atoms with E-state index in [4.69, 9.17) is 11.6 Å². The SMILES string of the molecule is N#C[C@H](C(=O)c1scnc1Cl)c1nc2ccccc2s1. The lowest BCUT2D eigenvalue weighted by atomic mass is 10.1. The molecule has 20 heavy (non-hydrogen) atoms. The molecule has 0 spiro atoms. The number of hydrogen-bond donors (Lipinski definition) is 0. The summed E-state index contributed by atoms with van der Waals surface area (Å²) in [6, 6.07) is 9.55. The van der Waals surface area contributed by atoms with Gasteiger partial charge in [0, 0.05) is 0 Å². The van der Waals surface area contributed by atoms with E-state index in [1.165, 1.54) is 16.8 Å². The molecule has 0 aliphatic heterocycles. The van der Waals surface area contributed by atoms with E-state index in [0.29, 0.717) is 9.88 Å². The first-order valence-electron chi connectivity index (χ1n) is 5.59. The molecule has 98 valence electrons. The molecule has 7 heteroatoms. The van der Waals surface area contributed by atoms with Gasteiger partial charge < -0.3 is 0 Å². The van der Waals surface area contributed by atoms with Gasteiger partial charge in [0.2, 0.25) is 0 Å². The standard InChI is InChI=1S/C13H6ClN3OS2/c14-12-11(19-6-16-12)10(18)7(5-15)13-17-8-3-1-2-4-9(8)20-13/h1-4,6-7H/t7-/m1/s1. The summed E-state index contributed by atoms with van der Waals surface area (Å²) < 4.78 is 0.950. The van der Waals surface area contributed by atoms with Gasteiger partial charge in [-0.3, -0.25) is 4.79 Å². The Morgan fingerprint density at radius 3 is 2.85 bits per heavy atom. The second-order valence-electron chi connectivity index (χ2n) is 3.92. The van der Waals surface area contributed by atoms with Gasteiger partial charge >= 0.3 is 0 Å². The molecule has 0 radical (unpaired) electrons. The average Bonchev–Trinajstić information content (AvgIpc) is 3.05. The zero-order valence-corrected chi connectivity index (χ0v) is 12.3. The minimum absolute atomic E-state index is 0.140. The van der Waals surface area contributed by atoms with Crippen molar-refractivity contribution in [2.45, 2.75) is 5.92 Å². The van der Waals surface area contributed by atoms with Crippen LogP contribution in [0.25, 0.3) is 10.2 Å². The Kier molecular flexibility index (Phi) is 3.49. The van der Waals surface area contributed by atoms with Gasteiger partial charge in [0.25, 0.3) is 0 Å². The number of ketones is 1. The summed E-state index contributed by atoms with van der Waals surface area (Å²) in [6.07, 6.45) is 0. The highest BCUT2D eigenvalue weighted by Gasteiger charge is 2.28. The van der Waals surface area contributed by atoms with Gasteiger partial charge in [-0.25, -0.2) is 9.97 Å². The minimum Gasteiger partial charge on any atom is -0.291 e. The number of halogens is 1. The Morgan fingerprint density at radius 2 is 2.20 bits per heavy atom. The smallest absolute Gasteiger partial charge is 0.200 e. The van der Waals surface area contributed by atoms with Gasteiger partial charge in [-0.2, -0.15) is 5.26 Å². The molecule has 3 rings (SSSR count). The number of aromatic nitrogens is 2. The summed E-state index contributed by atoms with van der Waals surface area (Å²) >= 11 is 8.34. The van der Waals surface area contributed by atoms with E-state index < -0.39 is 5.92 Å². The molecule has 0 N–H and O–H groups in total. The largest absolute Gasteiger partial charge is 0.291 e. The van der Waals surface area contributed by atoms with E-state index in [0.717, 1.165) is 21.6 Å². The zero-order valence-electron chi connectivity index (χ0n) is 9.91. The van der Waals surface area contributed by atoms with Crippen molar-refractivity contribution in [3.8, 4) is 6.07 Å². The monoisotopic (exact) mass is 319 g/mol. The highest BCUT2D eigenvalue weighted by molar-refractivity contribution is 7.19. The predicted molar refractivity (Wildman–Crippen MR) is 79.4 cm³/mol. The number of benzene rings is 1. The van der Waals surface area contributed by atoms with Gasteiger partial charge in [-0.15, -0.1) is 22.7 Å². The molecular formula is C13H6ClN3OS2. The predicted octanol–water partition coefficient (Wildman–Crippen LogP) is 3.90. The van der Waals surface area contributed by atoms with Crippen LogP contribution in [0.5, 0.6) is 0 Å². The third-order valence-corrected chi connectivity index (χ3v) is 5.04. The van der Waals surface area contributed by atoms with Gasteiger partial charge in [0.1, 0.15) is 9.88 Å². The van der Waals surface area contributed by atoms with Crippen LogP contribution in [0, 0.1) is 11.3 Å². The van der Waals surface area contributed by atoms with Crippen molar-refractivity contribution < 1.29 is 4.79 Å². The summed E-state index contributed by atoms with van der Waals surface area (Å²) in [5.74, 6) is -1.29. The number of thiazole rings is 2. The molecule has 0 aliphatic carbocycles. The van der Waals surface area contributed by atoms with E-state index in [2.05, 4.69) is 9.97 Å². The topological polar surface area (TPSA) is 66.6 Å². The number of fused-ring (bicyclic) bond motifs is 1. The van der Waals surface area contributed by atoms with Gasteiger partial charge in [0.15, 0.2) is 16.9 Å². The molecule has 2 aromatic heterocycles. The average molecular weight is 320 g/mol. The van der Waals surface area contributed by atoms with Gasteiger partial charge in [-0.1, -0.05) is 23.7 Å². The highest BCUT2D eigenvalue weighted by atomic mass is 35.5. The summed E-state index contributed by atoms with van der Waals surface area (Å²) in [7, 11) is 0. The minimum atomic E-state index is -0.939. The van der Waals surface area contributed by atoms with E-state index in [1.807, 2.05) is 30.3 Å². The van der Waals surface area contributed by atoms with Crippen LogP contribution >= 0.6 is 34.3 Å². The number of nitriles is 1. The van der Waals surface area contributed by atoms with Crippen molar-refractivity contribution >= 4 is 50.3 Å². The summed E-state index contributed by atoms with van der Waals surface area (Å²) in [5.41, 5.74) is 2.28. The Morgan fingerprint density at radius 1 is 1.40 bits per heavy atom. The van der Waals surface area contributed by atoms with E-state index >= 15 is 0 Å². The van der Waals surface area contributed by atoms with Crippen LogP contribution in [0.1, 0.15) is 20.6 Å². The number of carbonyl (C=O) groups is 1. The molecule has 0 saturated heterocycles. The molecular weight excluding hydrogens is 314 g/mol. The third-order valence-electron chi connectivity index (χ3n) is 2.70. The molecule has 4 nitrogen and oxygen atoms in total. The molecule has 1 atom stereocenters. The lowest BCUT2D eigenvalue weighted by Crippen LogP contribution is -2.10. The molecule has 0 aliphatic rings. The van der Waals surface area contributed by atoms with E-state index in [-0.39, 0.29) is 10.9 Å². The highest BCUT2D eigenvalue weighted by Crippen LogP contribution is 2.31. The fourth-order valence-corrected chi connectivity index (χ4v) is 3.76. The van der Waals surface area contributed by atoms with Crippen molar-refractivity contribution in [2.75, 3.05) is 0 Å². The second-order valence-corrected chi connectivity index (χ2v) is 6.19. The summed E-state index contributed by atoms with van der Waals surface area (Å²) in [5, 5.41) is 9.93. The molecule has 3 aromatic rings. The number of rotatable bonds is 3. The van der Waals surface area contributed by atoms with Crippen LogP contribution in [-0.2, 0) is 0 Å². The van der Waals surface area contributed by atoms with E-state index in [1.54, 1.807) is 0 Å². The first-order valence-corrected chi connectivity index (χ1v) is 7.66. The lowest BCUT2D eigenvalue weighted by molar-refractivity contribution is 0.0982. The number of Topliss-reactive ketones (excluding diaryl/α,β-unsaturated/α-hetero) is 1. The quantitative estimate of drug-likeness (QED) is 0.687. The van der Waals surface area contributed by atoms with Crippen molar-refractivity contribution in [2.24, 2.45) is 0 Å². The summed E-state index contributed by atoms with van der Waals surface area (Å²) in [6.45, 7) is 0. The molecule has 0 fully saturated rings. The maximum absolute atomic E-state index is 12.4. The molecule has 0 bridgehead atoms. The maximum Gasteiger partial charge on any atom is 0.200 e. The fourth-order valence-electron chi connectivity index (χ4n) is 1.76. The Balaban J connectivity index is 2.04. The van der Waals surface area contributed by atoms with Crippen LogP contribution in [0.15, 0.2) is 29.8 Å². The molecule has 2 heterocycles. The van der Waals surface area contributed by atoms with Crippen LogP contribution in [0.2, 0.25) is 5.15 Å². The summed E-state index contributed by atoms with van der Waals surface area (Å²) in [4.78, 5) is 20.9. The van der Waals surface area contributed by atoms with Crippen molar-refractivity contribution in [1.82, 2.24) is 9.97 Å². The van der Waals surface area contributed by atoms with Crippen LogP contribution < -0.4 is 0 Å². The normalized spacial score (nSPS) is 12.2. The number of nitrogens with zero attached hydrogens (tertiary/aromatic N) is 3. The molecule has 0 saturated carbocycles. The molecule has 0 amide bonds. The van der Waals surface area contributed by atoms with E-state index in [9.17, 15) is 10.1 Å². The van der Waals surface area contributed by atoms with Crippen LogP contribution in [-0.4, -0.2) is 15.8 Å². The first-order chi connectivity index (χ1) is 9.70. The fraction of sp³-hybridized carbons (Fsp3) is 0.0769. The van der Waals surface area contributed by atoms with Crippen molar-refractivity contribution in [3.05, 3.63) is 44.8 Å². The zero-order chi connectivity index (χ0) is 14.1. The number of para-hydroxylation sites is 1. The Hall–Kier alpha value is -1.81. The van der Waals surface area contributed by atoms with Gasteiger partial charge in [-0.05, 0) is 12.1 Å². The number of hydrogen-bond acceptors (Lipinski definition) is 6. The maximum atomic E-state index is 12.4. The molecule has 0 unspecified atom stereocenters. The first kappa shape index (κ1) is 13.2. The Labute approximate surface area is 127 Å². The van der Waals surface area contributed by atoms with Crippen LogP contribution in [0.4, 0.5) is 0 Å². The number of carbonyl (C=O) groups excluding carboxylic acids is 1. The van der Waals surface area contributed by atoms with Gasteiger partial charge in [0.05, 0.1) is 21.8 Å². The lowest BCUT2D eigenvalue weighted by Gasteiger charge is -2.02. The van der Waals surface area contributed by atoms with Crippen molar-refractivity contribution in [3.63, 3.8) is 0 Å². The van der Waals surface area contributed by atoms with Crippen LogP contribution in [0.3, 0.4) is 0 Å².